The number of rotatable bonds is 2. The molecule has 0 amide bonds. The highest BCUT2D eigenvalue weighted by molar-refractivity contribution is 7.13. The second kappa shape index (κ2) is 5.25. The van der Waals surface area contributed by atoms with E-state index in [-0.39, 0.29) is 0 Å². The zero-order valence-corrected chi connectivity index (χ0v) is 11.9. The highest BCUT2D eigenvalue weighted by atomic mass is 35.5. The number of nitrogens with zero attached hydrogens (tertiary/aromatic N) is 3. The first-order valence-electron chi connectivity index (χ1n) is 5.41. The maximum Gasteiger partial charge on any atom is 0.144 e. The molecule has 3 rings (SSSR count). The van der Waals surface area contributed by atoms with Crippen molar-refractivity contribution in [2.24, 2.45) is 0 Å². The zero-order chi connectivity index (χ0) is 13.2. The Morgan fingerprint density at radius 1 is 1.05 bits per heavy atom. The summed E-state index contributed by atoms with van der Waals surface area (Å²) >= 11 is 13.6. The Balaban J connectivity index is 2.02. The molecule has 0 aliphatic heterocycles. The first-order valence-corrected chi connectivity index (χ1v) is 7.05. The molecule has 0 fully saturated rings. The van der Waals surface area contributed by atoms with Gasteiger partial charge < -0.3 is 0 Å². The SMILES string of the molecule is Clc1ccc(-c2csc(-c3cnccn3)n2)c(Cl)c1. The van der Waals surface area contributed by atoms with Gasteiger partial charge in [-0.2, -0.15) is 0 Å². The van der Waals surface area contributed by atoms with Crippen LogP contribution in [0, 0.1) is 0 Å². The highest BCUT2D eigenvalue weighted by Crippen LogP contribution is 2.33. The molecule has 0 aliphatic carbocycles. The van der Waals surface area contributed by atoms with Gasteiger partial charge in [0.1, 0.15) is 10.7 Å². The lowest BCUT2D eigenvalue weighted by molar-refractivity contribution is 1.19. The number of benzene rings is 1. The van der Waals surface area contributed by atoms with Crippen LogP contribution in [0.4, 0.5) is 0 Å². The van der Waals surface area contributed by atoms with Crippen LogP contribution in [0.5, 0.6) is 0 Å². The molecule has 0 bridgehead atoms. The summed E-state index contributed by atoms with van der Waals surface area (Å²) in [5, 5.41) is 3.95. The van der Waals surface area contributed by atoms with Crippen LogP contribution in [0.25, 0.3) is 22.0 Å². The monoisotopic (exact) mass is 307 g/mol. The molecule has 0 radical (unpaired) electrons. The van der Waals surface area contributed by atoms with Crippen LogP contribution in [-0.2, 0) is 0 Å². The van der Waals surface area contributed by atoms with Crippen molar-refractivity contribution in [3.63, 3.8) is 0 Å². The lowest BCUT2D eigenvalue weighted by atomic mass is 10.2. The van der Waals surface area contributed by atoms with Crippen LogP contribution in [0.15, 0.2) is 42.2 Å². The molecule has 6 heteroatoms. The van der Waals surface area contributed by atoms with E-state index in [9.17, 15) is 0 Å². The largest absolute Gasteiger partial charge is 0.261 e. The highest BCUT2D eigenvalue weighted by Gasteiger charge is 2.10. The topological polar surface area (TPSA) is 38.7 Å². The van der Waals surface area contributed by atoms with Crippen LogP contribution in [0.2, 0.25) is 10.0 Å². The molecular weight excluding hydrogens is 301 g/mol. The molecule has 94 valence electrons. The van der Waals surface area contributed by atoms with E-state index in [4.69, 9.17) is 23.2 Å². The maximum absolute atomic E-state index is 6.17. The van der Waals surface area contributed by atoms with Gasteiger partial charge in [-0.05, 0) is 18.2 Å². The van der Waals surface area contributed by atoms with E-state index >= 15 is 0 Å². The van der Waals surface area contributed by atoms with Crippen molar-refractivity contribution in [2.45, 2.75) is 0 Å². The molecule has 0 saturated carbocycles. The quantitative estimate of drug-likeness (QED) is 0.696. The normalized spacial score (nSPS) is 10.6. The minimum Gasteiger partial charge on any atom is -0.261 e. The summed E-state index contributed by atoms with van der Waals surface area (Å²) in [5.74, 6) is 0. The molecule has 3 nitrogen and oxygen atoms in total. The van der Waals surface area contributed by atoms with E-state index in [1.54, 1.807) is 30.7 Å². The molecule has 2 heterocycles. The molecule has 19 heavy (non-hydrogen) atoms. The Labute approximate surface area is 123 Å². The average Bonchev–Trinajstić information content (AvgIpc) is 2.89. The van der Waals surface area contributed by atoms with Gasteiger partial charge in [0.2, 0.25) is 0 Å². The van der Waals surface area contributed by atoms with Crippen molar-refractivity contribution in [3.05, 3.63) is 52.2 Å². The Bertz CT molecular complexity index is 713. The fourth-order valence-corrected chi connectivity index (χ4v) is 2.91. The Hall–Kier alpha value is -1.49. The van der Waals surface area contributed by atoms with E-state index in [1.807, 2.05) is 11.4 Å². The second-order valence-electron chi connectivity index (χ2n) is 3.75. The standard InChI is InChI=1S/C13H7Cl2N3S/c14-8-1-2-9(10(15)5-8)12-7-19-13(18-12)11-6-16-3-4-17-11/h1-7H. The first-order chi connectivity index (χ1) is 9.24. The summed E-state index contributed by atoms with van der Waals surface area (Å²) in [4.78, 5) is 12.8. The van der Waals surface area contributed by atoms with Crippen molar-refractivity contribution >= 4 is 34.5 Å². The molecule has 0 aliphatic rings. The minimum atomic E-state index is 0.587. The van der Waals surface area contributed by atoms with Crippen molar-refractivity contribution in [2.75, 3.05) is 0 Å². The Morgan fingerprint density at radius 2 is 1.95 bits per heavy atom. The molecule has 0 saturated heterocycles. The van der Waals surface area contributed by atoms with Crippen LogP contribution < -0.4 is 0 Å². The van der Waals surface area contributed by atoms with E-state index in [0.717, 1.165) is 22.0 Å². The molecule has 3 aromatic rings. The summed E-state index contributed by atoms with van der Waals surface area (Å²) in [6.45, 7) is 0. The van der Waals surface area contributed by atoms with Crippen molar-refractivity contribution < 1.29 is 0 Å². The van der Waals surface area contributed by atoms with Gasteiger partial charge in [0.05, 0.1) is 16.9 Å². The average molecular weight is 308 g/mol. The predicted octanol–water partition coefficient (Wildman–Crippen LogP) is 4.57. The molecule has 0 N–H and O–H groups in total. The minimum absolute atomic E-state index is 0.587. The molecule has 1 aromatic carbocycles. The summed E-state index contributed by atoms with van der Waals surface area (Å²) in [5.41, 5.74) is 2.42. The number of hydrogen-bond acceptors (Lipinski definition) is 4. The van der Waals surface area contributed by atoms with Crippen molar-refractivity contribution in [3.8, 4) is 22.0 Å². The lowest BCUT2D eigenvalue weighted by Gasteiger charge is -2.00. The third-order valence-electron chi connectivity index (χ3n) is 2.49. The molecule has 0 spiro atoms. The lowest BCUT2D eigenvalue weighted by Crippen LogP contribution is -1.84. The fourth-order valence-electron chi connectivity index (χ4n) is 1.62. The van der Waals surface area contributed by atoms with Crippen LogP contribution in [0.3, 0.4) is 0 Å². The van der Waals surface area contributed by atoms with Gasteiger partial charge >= 0.3 is 0 Å². The van der Waals surface area contributed by atoms with Gasteiger partial charge in [-0.1, -0.05) is 23.2 Å². The predicted molar refractivity (Wildman–Crippen MR) is 78.6 cm³/mol. The van der Waals surface area contributed by atoms with Gasteiger partial charge in [0.15, 0.2) is 0 Å². The van der Waals surface area contributed by atoms with Gasteiger partial charge in [0.25, 0.3) is 0 Å². The van der Waals surface area contributed by atoms with Crippen LogP contribution in [-0.4, -0.2) is 15.0 Å². The first kappa shape index (κ1) is 12.5. The van der Waals surface area contributed by atoms with E-state index < -0.39 is 0 Å². The smallest absolute Gasteiger partial charge is 0.144 e. The van der Waals surface area contributed by atoms with E-state index in [2.05, 4.69) is 15.0 Å². The van der Waals surface area contributed by atoms with Crippen molar-refractivity contribution in [1.82, 2.24) is 15.0 Å². The second-order valence-corrected chi connectivity index (χ2v) is 5.45. The summed E-state index contributed by atoms with van der Waals surface area (Å²) in [6.07, 6.45) is 4.96. The molecular formula is C13H7Cl2N3S. The van der Waals surface area contributed by atoms with E-state index in [1.165, 1.54) is 11.3 Å². The van der Waals surface area contributed by atoms with Gasteiger partial charge in [-0.15, -0.1) is 11.3 Å². The van der Waals surface area contributed by atoms with Gasteiger partial charge in [-0.25, -0.2) is 4.98 Å². The maximum atomic E-state index is 6.17. The Kier molecular flexibility index (Phi) is 3.46. The van der Waals surface area contributed by atoms with E-state index in [0.29, 0.717) is 10.0 Å². The molecule has 0 atom stereocenters. The summed E-state index contributed by atoms with van der Waals surface area (Å²) in [7, 11) is 0. The van der Waals surface area contributed by atoms with Gasteiger partial charge in [0, 0.05) is 28.4 Å². The number of aromatic nitrogens is 3. The number of hydrogen-bond donors (Lipinski definition) is 0. The molecule has 2 aromatic heterocycles. The molecule has 0 unspecified atom stereocenters. The van der Waals surface area contributed by atoms with Gasteiger partial charge in [-0.3, -0.25) is 9.97 Å². The van der Waals surface area contributed by atoms with Crippen LogP contribution >= 0.6 is 34.5 Å². The fraction of sp³-hybridized carbons (Fsp3) is 0. The number of thiazole rings is 1. The summed E-state index contributed by atoms with van der Waals surface area (Å²) in [6, 6.07) is 5.37. The number of halogens is 2. The van der Waals surface area contributed by atoms with Crippen molar-refractivity contribution in [1.29, 1.82) is 0 Å². The zero-order valence-electron chi connectivity index (χ0n) is 9.55. The third-order valence-corrected chi connectivity index (χ3v) is 3.91. The third kappa shape index (κ3) is 2.61. The Morgan fingerprint density at radius 3 is 2.68 bits per heavy atom. The summed E-state index contributed by atoms with van der Waals surface area (Å²) < 4.78 is 0. The van der Waals surface area contributed by atoms with Crippen LogP contribution in [0.1, 0.15) is 0 Å².